The van der Waals surface area contributed by atoms with Gasteiger partial charge in [-0.1, -0.05) is 60.2 Å². The van der Waals surface area contributed by atoms with Gasteiger partial charge in [-0.2, -0.15) is 0 Å². The van der Waals surface area contributed by atoms with E-state index in [9.17, 15) is 4.79 Å². The first kappa shape index (κ1) is 17.2. The van der Waals surface area contributed by atoms with Crippen molar-refractivity contribution < 1.29 is 4.79 Å². The lowest BCUT2D eigenvalue weighted by atomic mass is 10.0. The molecular weight excluding hydrogens is 342 g/mol. The molecule has 0 bridgehead atoms. The summed E-state index contributed by atoms with van der Waals surface area (Å²) in [6, 6.07) is 16.6. The summed E-state index contributed by atoms with van der Waals surface area (Å²) in [6.07, 6.45) is 1.42. The highest BCUT2D eigenvalue weighted by atomic mass is 32.1. The molecule has 0 aliphatic carbocycles. The van der Waals surface area contributed by atoms with Crippen molar-refractivity contribution in [3.63, 3.8) is 0 Å². The molecule has 1 fully saturated rings. The molecule has 0 N–H and O–H groups in total. The Morgan fingerprint density at radius 3 is 2.35 bits per heavy atom. The highest BCUT2D eigenvalue weighted by molar-refractivity contribution is 7.80. The van der Waals surface area contributed by atoms with Crippen LogP contribution in [0.2, 0.25) is 0 Å². The summed E-state index contributed by atoms with van der Waals surface area (Å²) in [6.45, 7) is 5.34. The molecule has 0 unspecified atom stereocenters. The second-order valence-electron chi connectivity index (χ2n) is 6.95. The van der Waals surface area contributed by atoms with E-state index in [4.69, 9.17) is 12.2 Å². The Morgan fingerprint density at radius 2 is 1.62 bits per heavy atom. The van der Waals surface area contributed by atoms with Gasteiger partial charge < -0.3 is 4.90 Å². The topological polar surface area (TPSA) is 26.8 Å². The number of carbonyl (C=O) groups excluding carboxylic acids is 1. The van der Waals surface area contributed by atoms with E-state index in [1.54, 1.807) is 0 Å². The molecule has 2 aromatic rings. The van der Waals surface area contributed by atoms with E-state index in [-0.39, 0.29) is 5.91 Å². The molecule has 0 atom stereocenters. The smallest absolute Gasteiger partial charge is 0.241 e. The molecule has 2 aromatic carbocycles. The molecular formula is C21H23N3OS. The Morgan fingerprint density at radius 1 is 0.923 bits per heavy atom. The molecule has 0 radical (unpaired) electrons. The first-order valence-electron chi connectivity index (χ1n) is 9.15. The Kier molecular flexibility index (Phi) is 4.74. The van der Waals surface area contributed by atoms with Crippen molar-refractivity contribution in [2.75, 3.05) is 31.2 Å². The third kappa shape index (κ3) is 3.24. The van der Waals surface area contributed by atoms with Gasteiger partial charge in [-0.05, 0) is 25.0 Å². The SMILES string of the molecule is Cc1ccc(C(=S)N2CCN(N3C(=O)CCc4ccccc43)CC2)cc1. The highest BCUT2D eigenvalue weighted by Gasteiger charge is 2.31. The summed E-state index contributed by atoms with van der Waals surface area (Å²) in [5.74, 6) is 0.193. The zero-order valence-corrected chi connectivity index (χ0v) is 15.8. The molecule has 26 heavy (non-hydrogen) atoms. The van der Waals surface area contributed by atoms with Crippen molar-refractivity contribution in [3.8, 4) is 0 Å². The fourth-order valence-corrected chi connectivity index (χ4v) is 4.02. The normalized spacial score (nSPS) is 18.0. The van der Waals surface area contributed by atoms with Crippen molar-refractivity contribution in [1.82, 2.24) is 9.91 Å². The minimum atomic E-state index is 0.193. The quantitative estimate of drug-likeness (QED) is 0.764. The number of benzene rings is 2. The van der Waals surface area contributed by atoms with Gasteiger partial charge in [-0.15, -0.1) is 0 Å². The monoisotopic (exact) mass is 365 g/mol. The van der Waals surface area contributed by atoms with E-state index in [1.165, 1.54) is 11.1 Å². The molecule has 0 spiro atoms. The minimum absolute atomic E-state index is 0.193. The number of amides is 1. The highest BCUT2D eigenvalue weighted by Crippen LogP contribution is 2.29. The molecule has 0 saturated carbocycles. The fraction of sp³-hybridized carbons (Fsp3) is 0.333. The molecule has 4 rings (SSSR count). The van der Waals surface area contributed by atoms with Crippen LogP contribution in [0.4, 0.5) is 5.69 Å². The van der Waals surface area contributed by atoms with Crippen molar-refractivity contribution >= 4 is 28.8 Å². The Labute approximate surface area is 160 Å². The van der Waals surface area contributed by atoms with Crippen molar-refractivity contribution in [2.45, 2.75) is 19.8 Å². The van der Waals surface area contributed by atoms with Gasteiger partial charge in [0.25, 0.3) is 0 Å². The average molecular weight is 366 g/mol. The van der Waals surface area contributed by atoms with Gasteiger partial charge in [0, 0.05) is 38.2 Å². The summed E-state index contributed by atoms with van der Waals surface area (Å²) < 4.78 is 0. The van der Waals surface area contributed by atoms with Crippen LogP contribution in [0.15, 0.2) is 48.5 Å². The number of anilines is 1. The number of hydrogen-bond acceptors (Lipinski definition) is 3. The number of nitrogens with zero attached hydrogens (tertiary/aromatic N) is 3. The number of piperazine rings is 1. The maximum Gasteiger partial charge on any atom is 0.241 e. The first-order valence-corrected chi connectivity index (χ1v) is 9.56. The lowest BCUT2D eigenvalue weighted by Crippen LogP contribution is -2.57. The van der Waals surface area contributed by atoms with Crippen LogP contribution in [0.5, 0.6) is 0 Å². The van der Waals surface area contributed by atoms with Crippen molar-refractivity contribution in [2.24, 2.45) is 0 Å². The fourth-order valence-electron chi connectivity index (χ4n) is 3.70. The zero-order valence-electron chi connectivity index (χ0n) is 15.0. The number of hydrazine groups is 1. The van der Waals surface area contributed by atoms with Gasteiger partial charge in [0.05, 0.1) is 5.69 Å². The molecule has 1 amide bonds. The summed E-state index contributed by atoms with van der Waals surface area (Å²) >= 11 is 5.69. The van der Waals surface area contributed by atoms with Crippen LogP contribution in [0.1, 0.15) is 23.1 Å². The van der Waals surface area contributed by atoms with Gasteiger partial charge in [-0.25, -0.2) is 10.0 Å². The molecule has 2 aliphatic heterocycles. The first-order chi connectivity index (χ1) is 12.6. The van der Waals surface area contributed by atoms with E-state index in [2.05, 4.69) is 53.2 Å². The van der Waals surface area contributed by atoms with Gasteiger partial charge in [-0.3, -0.25) is 4.79 Å². The molecule has 4 nitrogen and oxygen atoms in total. The number of rotatable bonds is 2. The molecule has 134 valence electrons. The predicted molar refractivity (Wildman–Crippen MR) is 108 cm³/mol. The number of hydrogen-bond donors (Lipinski definition) is 0. The molecule has 2 heterocycles. The molecule has 0 aromatic heterocycles. The van der Waals surface area contributed by atoms with E-state index < -0.39 is 0 Å². The van der Waals surface area contributed by atoms with Crippen LogP contribution in [-0.2, 0) is 11.2 Å². The lowest BCUT2D eigenvalue weighted by molar-refractivity contribution is -0.122. The summed E-state index contributed by atoms with van der Waals surface area (Å²) in [5.41, 5.74) is 4.63. The third-order valence-electron chi connectivity index (χ3n) is 5.19. The summed E-state index contributed by atoms with van der Waals surface area (Å²) in [7, 11) is 0. The second-order valence-corrected chi connectivity index (χ2v) is 7.33. The predicted octanol–water partition coefficient (Wildman–Crippen LogP) is 3.18. The Balaban J connectivity index is 1.46. The zero-order chi connectivity index (χ0) is 18.1. The van der Waals surface area contributed by atoms with E-state index in [1.807, 2.05) is 17.1 Å². The number of carbonyl (C=O) groups is 1. The van der Waals surface area contributed by atoms with E-state index >= 15 is 0 Å². The van der Waals surface area contributed by atoms with E-state index in [0.717, 1.165) is 48.8 Å². The standard InChI is InChI=1S/C21H23N3OS/c1-16-6-8-18(9-7-16)21(26)22-12-14-23(15-13-22)24-19-5-3-2-4-17(19)10-11-20(24)25/h2-9H,10-15H2,1H3. The number of para-hydroxylation sites is 1. The van der Waals surface area contributed by atoms with Crippen LogP contribution in [-0.4, -0.2) is 47.0 Å². The average Bonchev–Trinajstić information content (AvgIpc) is 2.68. The van der Waals surface area contributed by atoms with Crippen molar-refractivity contribution in [1.29, 1.82) is 0 Å². The maximum atomic E-state index is 12.6. The number of thiocarbonyl (C=S) groups is 1. The van der Waals surface area contributed by atoms with Crippen LogP contribution in [0, 0.1) is 6.92 Å². The lowest BCUT2D eigenvalue weighted by Gasteiger charge is -2.43. The number of fused-ring (bicyclic) bond motifs is 1. The summed E-state index contributed by atoms with van der Waals surface area (Å²) in [5, 5.41) is 4.07. The minimum Gasteiger partial charge on any atom is -0.360 e. The molecule has 5 heteroatoms. The van der Waals surface area contributed by atoms with Gasteiger partial charge in [0.2, 0.25) is 5.91 Å². The third-order valence-corrected chi connectivity index (χ3v) is 5.68. The Hall–Kier alpha value is -2.24. The number of aryl methyl sites for hydroxylation is 2. The van der Waals surface area contributed by atoms with Gasteiger partial charge in [0.15, 0.2) is 0 Å². The van der Waals surface area contributed by atoms with Crippen LogP contribution in [0.25, 0.3) is 0 Å². The van der Waals surface area contributed by atoms with E-state index in [0.29, 0.717) is 6.42 Å². The maximum absolute atomic E-state index is 12.6. The molecule has 1 saturated heterocycles. The van der Waals surface area contributed by atoms with Crippen LogP contribution in [0.3, 0.4) is 0 Å². The van der Waals surface area contributed by atoms with Crippen LogP contribution < -0.4 is 5.01 Å². The van der Waals surface area contributed by atoms with Gasteiger partial charge >= 0.3 is 0 Å². The second kappa shape index (κ2) is 7.17. The van der Waals surface area contributed by atoms with Gasteiger partial charge in [0.1, 0.15) is 4.99 Å². The Bertz CT molecular complexity index is 825. The van der Waals surface area contributed by atoms with Crippen molar-refractivity contribution in [3.05, 3.63) is 65.2 Å². The van der Waals surface area contributed by atoms with Crippen LogP contribution >= 0.6 is 12.2 Å². The summed E-state index contributed by atoms with van der Waals surface area (Å²) in [4.78, 5) is 15.7. The largest absolute Gasteiger partial charge is 0.360 e. The molecule has 2 aliphatic rings.